The minimum Gasteiger partial charge on any atom is -0.488 e. The van der Waals surface area contributed by atoms with E-state index in [0.29, 0.717) is 13.0 Å². The SMILES string of the molecule is CCC/C(CC)=C1\c2ccc(Cl)cc2COc2ccc(CCO)cc21. The van der Waals surface area contributed by atoms with Crippen LogP contribution in [-0.4, -0.2) is 11.7 Å². The molecule has 0 aliphatic carbocycles. The molecule has 0 amide bonds. The van der Waals surface area contributed by atoms with Gasteiger partial charge in [-0.1, -0.05) is 49.6 Å². The van der Waals surface area contributed by atoms with E-state index in [0.717, 1.165) is 46.7 Å². The molecule has 0 bridgehead atoms. The Labute approximate surface area is 155 Å². The second kappa shape index (κ2) is 8.07. The van der Waals surface area contributed by atoms with E-state index < -0.39 is 0 Å². The molecule has 3 rings (SSSR count). The number of aliphatic hydroxyl groups excluding tert-OH is 1. The molecule has 1 aliphatic rings. The first kappa shape index (κ1) is 18.0. The van der Waals surface area contributed by atoms with Gasteiger partial charge in [-0.2, -0.15) is 0 Å². The van der Waals surface area contributed by atoms with Crippen LogP contribution in [0.5, 0.6) is 5.75 Å². The van der Waals surface area contributed by atoms with Crippen molar-refractivity contribution in [1.29, 1.82) is 0 Å². The molecule has 0 fully saturated rings. The number of ether oxygens (including phenoxy) is 1. The fourth-order valence-electron chi connectivity index (χ4n) is 3.57. The van der Waals surface area contributed by atoms with Crippen LogP contribution in [0.2, 0.25) is 5.02 Å². The summed E-state index contributed by atoms with van der Waals surface area (Å²) in [5, 5.41) is 10.1. The third-order valence-electron chi connectivity index (χ3n) is 4.77. The van der Waals surface area contributed by atoms with Crippen molar-refractivity contribution in [2.24, 2.45) is 0 Å². The summed E-state index contributed by atoms with van der Waals surface area (Å²) in [6, 6.07) is 12.3. The van der Waals surface area contributed by atoms with Crippen molar-refractivity contribution in [1.82, 2.24) is 0 Å². The summed E-state index contributed by atoms with van der Waals surface area (Å²) in [5.74, 6) is 0.908. The highest BCUT2D eigenvalue weighted by Crippen LogP contribution is 2.41. The van der Waals surface area contributed by atoms with Gasteiger partial charge >= 0.3 is 0 Å². The second-order valence-corrected chi connectivity index (χ2v) is 6.91. The van der Waals surface area contributed by atoms with Crippen molar-refractivity contribution >= 4 is 17.2 Å². The summed E-state index contributed by atoms with van der Waals surface area (Å²) < 4.78 is 6.11. The monoisotopic (exact) mass is 356 g/mol. The van der Waals surface area contributed by atoms with E-state index >= 15 is 0 Å². The number of hydrogen-bond acceptors (Lipinski definition) is 2. The van der Waals surface area contributed by atoms with Gasteiger partial charge < -0.3 is 9.84 Å². The quantitative estimate of drug-likeness (QED) is 0.735. The van der Waals surface area contributed by atoms with E-state index in [4.69, 9.17) is 16.3 Å². The molecule has 2 aromatic carbocycles. The van der Waals surface area contributed by atoms with Gasteiger partial charge in [0.2, 0.25) is 0 Å². The van der Waals surface area contributed by atoms with E-state index in [1.807, 2.05) is 24.3 Å². The molecule has 2 nitrogen and oxygen atoms in total. The highest BCUT2D eigenvalue weighted by atomic mass is 35.5. The minimum absolute atomic E-state index is 0.153. The summed E-state index contributed by atoms with van der Waals surface area (Å²) in [5.41, 5.74) is 7.34. The Morgan fingerprint density at radius 3 is 2.68 bits per heavy atom. The van der Waals surface area contributed by atoms with Gasteiger partial charge in [0.25, 0.3) is 0 Å². The van der Waals surface area contributed by atoms with Crippen LogP contribution < -0.4 is 4.74 Å². The molecule has 0 aromatic heterocycles. The van der Waals surface area contributed by atoms with Crippen molar-refractivity contribution < 1.29 is 9.84 Å². The van der Waals surface area contributed by atoms with Crippen LogP contribution in [0.15, 0.2) is 42.0 Å². The lowest BCUT2D eigenvalue weighted by atomic mass is 9.87. The first-order valence-corrected chi connectivity index (χ1v) is 9.43. The van der Waals surface area contributed by atoms with Crippen LogP contribution in [0.4, 0.5) is 0 Å². The van der Waals surface area contributed by atoms with Crippen LogP contribution in [-0.2, 0) is 13.0 Å². The summed E-state index contributed by atoms with van der Waals surface area (Å²) in [6.07, 6.45) is 3.85. The second-order valence-electron chi connectivity index (χ2n) is 6.48. The minimum atomic E-state index is 0.153. The van der Waals surface area contributed by atoms with E-state index in [9.17, 15) is 5.11 Å². The molecule has 1 aliphatic heterocycles. The van der Waals surface area contributed by atoms with Crippen molar-refractivity contribution in [2.75, 3.05) is 6.61 Å². The number of benzene rings is 2. The Bertz CT molecular complexity index is 793. The van der Waals surface area contributed by atoms with Crippen LogP contribution in [0, 0.1) is 0 Å². The maximum Gasteiger partial charge on any atom is 0.127 e. The number of hydrogen-bond donors (Lipinski definition) is 1. The Kier molecular flexibility index (Phi) is 5.82. The largest absolute Gasteiger partial charge is 0.488 e. The number of fused-ring (bicyclic) bond motifs is 2. The summed E-state index contributed by atoms with van der Waals surface area (Å²) in [6.45, 7) is 5.11. The zero-order chi connectivity index (χ0) is 17.8. The van der Waals surface area contributed by atoms with Gasteiger partial charge in [0.1, 0.15) is 12.4 Å². The number of allylic oxidation sites excluding steroid dienone is 1. The summed E-state index contributed by atoms with van der Waals surface area (Å²) in [7, 11) is 0. The van der Waals surface area contributed by atoms with Crippen LogP contribution in [0.1, 0.15) is 55.4 Å². The molecule has 2 aromatic rings. The van der Waals surface area contributed by atoms with Crippen LogP contribution >= 0.6 is 11.6 Å². The topological polar surface area (TPSA) is 29.5 Å². The Morgan fingerprint density at radius 2 is 1.96 bits per heavy atom. The summed E-state index contributed by atoms with van der Waals surface area (Å²) >= 11 is 6.23. The maximum absolute atomic E-state index is 9.32. The molecule has 0 radical (unpaired) electrons. The lowest BCUT2D eigenvalue weighted by Gasteiger charge is -2.17. The van der Waals surface area contributed by atoms with Crippen LogP contribution in [0.25, 0.3) is 5.57 Å². The molecular formula is C22H25ClO2. The van der Waals surface area contributed by atoms with Crippen molar-refractivity contribution in [3.8, 4) is 5.75 Å². The van der Waals surface area contributed by atoms with Gasteiger partial charge in [0.05, 0.1) is 0 Å². The van der Waals surface area contributed by atoms with E-state index in [-0.39, 0.29) is 6.61 Å². The normalized spacial score (nSPS) is 15.0. The molecular weight excluding hydrogens is 332 g/mol. The van der Waals surface area contributed by atoms with Crippen molar-refractivity contribution in [3.05, 3.63) is 69.2 Å². The van der Waals surface area contributed by atoms with E-state index in [1.54, 1.807) is 0 Å². The Morgan fingerprint density at radius 1 is 1.12 bits per heavy atom. The molecule has 0 saturated heterocycles. The third kappa shape index (κ3) is 3.75. The highest BCUT2D eigenvalue weighted by molar-refractivity contribution is 6.30. The Balaban J connectivity index is 2.27. The van der Waals surface area contributed by atoms with Gasteiger partial charge in [-0.25, -0.2) is 0 Å². The van der Waals surface area contributed by atoms with Crippen molar-refractivity contribution in [2.45, 2.75) is 46.1 Å². The van der Waals surface area contributed by atoms with E-state index in [2.05, 4.69) is 26.0 Å². The lowest BCUT2D eigenvalue weighted by Crippen LogP contribution is -1.98. The molecule has 1 heterocycles. The summed E-state index contributed by atoms with van der Waals surface area (Å²) in [4.78, 5) is 0. The van der Waals surface area contributed by atoms with Gasteiger partial charge in [-0.15, -0.1) is 0 Å². The van der Waals surface area contributed by atoms with Gasteiger partial charge in [-0.05, 0) is 65.8 Å². The highest BCUT2D eigenvalue weighted by Gasteiger charge is 2.22. The molecule has 0 atom stereocenters. The molecule has 25 heavy (non-hydrogen) atoms. The first-order chi connectivity index (χ1) is 12.2. The molecule has 0 unspecified atom stereocenters. The predicted octanol–water partition coefficient (Wildman–Crippen LogP) is 5.78. The third-order valence-corrected chi connectivity index (χ3v) is 5.00. The molecule has 3 heteroatoms. The van der Waals surface area contributed by atoms with E-state index in [1.165, 1.54) is 16.7 Å². The fourth-order valence-corrected chi connectivity index (χ4v) is 3.77. The smallest absolute Gasteiger partial charge is 0.127 e. The number of aliphatic hydroxyl groups is 1. The standard InChI is InChI=1S/C22H25ClO2/c1-3-5-16(4-2)22-19-8-7-18(23)13-17(19)14-25-21-9-6-15(10-11-24)12-20(21)22/h6-9,12-13,24H,3-5,10-11,14H2,1-2H3/b22-16+. The predicted molar refractivity (Wildman–Crippen MR) is 104 cm³/mol. The lowest BCUT2D eigenvalue weighted by molar-refractivity contribution is 0.298. The number of rotatable bonds is 5. The molecule has 0 spiro atoms. The first-order valence-electron chi connectivity index (χ1n) is 9.05. The average Bonchev–Trinajstić information content (AvgIpc) is 2.76. The van der Waals surface area contributed by atoms with Gasteiger partial charge in [0.15, 0.2) is 0 Å². The maximum atomic E-state index is 9.32. The molecule has 0 saturated carbocycles. The van der Waals surface area contributed by atoms with Crippen molar-refractivity contribution in [3.63, 3.8) is 0 Å². The van der Waals surface area contributed by atoms with Gasteiger partial charge in [0, 0.05) is 17.2 Å². The fraction of sp³-hybridized carbons (Fsp3) is 0.364. The Hall–Kier alpha value is -1.77. The molecule has 1 N–H and O–H groups in total. The van der Waals surface area contributed by atoms with Crippen LogP contribution in [0.3, 0.4) is 0 Å². The zero-order valence-electron chi connectivity index (χ0n) is 14.9. The zero-order valence-corrected chi connectivity index (χ0v) is 15.7. The average molecular weight is 357 g/mol. The number of halogens is 1. The molecule has 132 valence electrons. The van der Waals surface area contributed by atoms with Gasteiger partial charge in [-0.3, -0.25) is 0 Å².